The number of pyridine rings is 1. The highest BCUT2D eigenvalue weighted by Gasteiger charge is 2.17. The van der Waals surface area contributed by atoms with Crippen LogP contribution in [0.2, 0.25) is 0 Å². The number of rotatable bonds is 7. The number of carbonyl (C=O) groups excluding carboxylic acids is 2. The van der Waals surface area contributed by atoms with Crippen molar-refractivity contribution in [3.8, 4) is 0 Å². The fraction of sp³-hybridized carbons (Fsp3) is 0.167. The third-order valence-corrected chi connectivity index (χ3v) is 5.12. The fourth-order valence-electron chi connectivity index (χ4n) is 3.42. The molecule has 0 unspecified atom stereocenters. The van der Waals surface area contributed by atoms with Crippen LogP contribution in [-0.4, -0.2) is 39.9 Å². The summed E-state index contributed by atoms with van der Waals surface area (Å²) in [4.78, 5) is 35.5. The molecule has 0 aliphatic heterocycles. The zero-order valence-corrected chi connectivity index (χ0v) is 17.2. The van der Waals surface area contributed by atoms with Crippen molar-refractivity contribution in [1.29, 1.82) is 0 Å². The summed E-state index contributed by atoms with van der Waals surface area (Å²) in [5.41, 5.74) is 3.12. The first-order valence-electron chi connectivity index (χ1n) is 10.1. The van der Waals surface area contributed by atoms with Gasteiger partial charge in [-0.25, -0.2) is 4.98 Å². The molecule has 0 fully saturated rings. The molecule has 7 heteroatoms. The molecule has 4 rings (SSSR count). The van der Waals surface area contributed by atoms with Gasteiger partial charge in [-0.2, -0.15) is 0 Å². The molecule has 0 spiro atoms. The molecule has 0 aliphatic carbocycles. The molecule has 0 saturated carbocycles. The van der Waals surface area contributed by atoms with Crippen LogP contribution in [0.5, 0.6) is 0 Å². The maximum atomic E-state index is 13.0. The van der Waals surface area contributed by atoms with E-state index in [1.807, 2.05) is 59.2 Å². The van der Waals surface area contributed by atoms with E-state index in [2.05, 4.69) is 10.3 Å². The molecular formula is C24H23N5O2. The van der Waals surface area contributed by atoms with Gasteiger partial charge in [0.15, 0.2) is 0 Å². The summed E-state index contributed by atoms with van der Waals surface area (Å²) in [6, 6.07) is 20.6. The van der Waals surface area contributed by atoms with Crippen molar-refractivity contribution in [3.05, 3.63) is 90.5 Å². The molecule has 0 radical (unpaired) electrons. The number of hydrogen-bond acceptors (Lipinski definition) is 4. The van der Waals surface area contributed by atoms with Gasteiger partial charge >= 0.3 is 0 Å². The van der Waals surface area contributed by atoms with Gasteiger partial charge in [0.2, 0.25) is 5.91 Å². The first-order valence-corrected chi connectivity index (χ1v) is 10.1. The number of anilines is 1. The van der Waals surface area contributed by atoms with Gasteiger partial charge in [0, 0.05) is 43.7 Å². The van der Waals surface area contributed by atoms with Crippen LogP contribution in [0.1, 0.15) is 16.2 Å². The van der Waals surface area contributed by atoms with E-state index in [1.165, 1.54) is 0 Å². The molecule has 2 amide bonds. The van der Waals surface area contributed by atoms with Crippen molar-refractivity contribution in [2.45, 2.75) is 13.0 Å². The number of carbonyl (C=O) groups is 2. The van der Waals surface area contributed by atoms with Crippen molar-refractivity contribution in [2.75, 3.05) is 18.5 Å². The number of likely N-dealkylation sites (N-methyl/N-ethyl adjacent to an activating group) is 1. The van der Waals surface area contributed by atoms with E-state index in [0.29, 0.717) is 18.5 Å². The molecular weight excluding hydrogens is 390 g/mol. The summed E-state index contributed by atoms with van der Waals surface area (Å²) >= 11 is 0. The summed E-state index contributed by atoms with van der Waals surface area (Å²) in [5.74, 6) is 0.549. The second-order valence-electron chi connectivity index (χ2n) is 7.13. The van der Waals surface area contributed by atoms with Gasteiger partial charge in [-0.05, 0) is 36.4 Å². The Morgan fingerprint density at radius 1 is 0.968 bits per heavy atom. The minimum absolute atomic E-state index is 0.0450. The lowest BCUT2D eigenvalue weighted by atomic mass is 10.2. The standard InChI is InChI=1S/C24H23N5O2/c1-28(19-7-3-2-4-8-19)23(30)17-29-21-10-6-5-9-20(21)27-22(29)13-16-26-24(31)18-11-14-25-15-12-18/h2-12,14-15H,13,16-17H2,1H3,(H,26,31). The van der Waals surface area contributed by atoms with E-state index < -0.39 is 0 Å². The quantitative estimate of drug-likeness (QED) is 0.505. The number of imidazole rings is 1. The van der Waals surface area contributed by atoms with Gasteiger partial charge in [-0.15, -0.1) is 0 Å². The van der Waals surface area contributed by atoms with Crippen LogP contribution in [0.15, 0.2) is 79.1 Å². The van der Waals surface area contributed by atoms with Crippen molar-refractivity contribution >= 4 is 28.5 Å². The van der Waals surface area contributed by atoms with Crippen LogP contribution in [0.4, 0.5) is 5.69 Å². The molecule has 31 heavy (non-hydrogen) atoms. The summed E-state index contributed by atoms with van der Waals surface area (Å²) in [6.07, 6.45) is 3.68. The van der Waals surface area contributed by atoms with Crippen LogP contribution in [-0.2, 0) is 17.8 Å². The Labute approximate surface area is 180 Å². The van der Waals surface area contributed by atoms with Crippen LogP contribution in [0, 0.1) is 0 Å². The summed E-state index contributed by atoms with van der Waals surface area (Å²) in [5, 5.41) is 2.91. The van der Waals surface area contributed by atoms with E-state index in [9.17, 15) is 9.59 Å². The molecule has 2 aromatic carbocycles. The van der Waals surface area contributed by atoms with Crippen molar-refractivity contribution in [3.63, 3.8) is 0 Å². The SMILES string of the molecule is CN(C(=O)Cn1c(CCNC(=O)c2ccncc2)nc2ccccc21)c1ccccc1. The Bertz CT molecular complexity index is 1190. The van der Waals surface area contributed by atoms with E-state index in [0.717, 1.165) is 22.5 Å². The van der Waals surface area contributed by atoms with Gasteiger partial charge in [-0.1, -0.05) is 30.3 Å². The lowest BCUT2D eigenvalue weighted by Crippen LogP contribution is -2.31. The Hall–Kier alpha value is -4.00. The number of nitrogens with zero attached hydrogens (tertiary/aromatic N) is 4. The van der Waals surface area contributed by atoms with Crippen LogP contribution in [0.3, 0.4) is 0 Å². The maximum Gasteiger partial charge on any atom is 0.251 e. The smallest absolute Gasteiger partial charge is 0.251 e. The van der Waals surface area contributed by atoms with Gasteiger partial charge in [-0.3, -0.25) is 14.6 Å². The van der Waals surface area contributed by atoms with Gasteiger partial charge in [0.1, 0.15) is 12.4 Å². The van der Waals surface area contributed by atoms with Crippen LogP contribution in [0.25, 0.3) is 11.0 Å². The first kappa shape index (κ1) is 20.3. The largest absolute Gasteiger partial charge is 0.352 e. The lowest BCUT2D eigenvalue weighted by Gasteiger charge is -2.18. The zero-order valence-electron chi connectivity index (χ0n) is 17.2. The van der Waals surface area contributed by atoms with Crippen molar-refractivity contribution < 1.29 is 9.59 Å². The summed E-state index contributed by atoms with van der Waals surface area (Å²) in [6.45, 7) is 0.576. The first-order chi connectivity index (χ1) is 15.1. The summed E-state index contributed by atoms with van der Waals surface area (Å²) < 4.78 is 1.93. The maximum absolute atomic E-state index is 13.0. The molecule has 0 aliphatic rings. The van der Waals surface area contributed by atoms with Crippen molar-refractivity contribution in [2.24, 2.45) is 0 Å². The minimum atomic E-state index is -0.162. The second-order valence-corrected chi connectivity index (χ2v) is 7.13. The molecule has 7 nitrogen and oxygen atoms in total. The van der Waals surface area contributed by atoms with Crippen LogP contribution >= 0.6 is 0 Å². The Kier molecular flexibility index (Phi) is 6.03. The number of para-hydroxylation sites is 3. The average molecular weight is 413 g/mol. The number of nitrogens with one attached hydrogen (secondary N) is 1. The minimum Gasteiger partial charge on any atom is -0.352 e. The highest BCUT2D eigenvalue weighted by atomic mass is 16.2. The molecule has 1 N–H and O–H groups in total. The predicted molar refractivity (Wildman–Crippen MR) is 120 cm³/mol. The van der Waals surface area contributed by atoms with Gasteiger partial charge < -0.3 is 14.8 Å². The van der Waals surface area contributed by atoms with Crippen molar-refractivity contribution in [1.82, 2.24) is 19.9 Å². The number of aromatic nitrogens is 3. The third kappa shape index (κ3) is 4.61. The lowest BCUT2D eigenvalue weighted by molar-refractivity contribution is -0.118. The van der Waals surface area contributed by atoms with Gasteiger partial charge in [0.05, 0.1) is 11.0 Å². The monoisotopic (exact) mass is 413 g/mol. The predicted octanol–water partition coefficient (Wildman–Crippen LogP) is 3.07. The van der Waals surface area contributed by atoms with E-state index in [1.54, 1.807) is 36.5 Å². The van der Waals surface area contributed by atoms with E-state index in [-0.39, 0.29) is 18.4 Å². The Morgan fingerprint density at radius 2 is 1.68 bits per heavy atom. The average Bonchev–Trinajstić information content (AvgIpc) is 3.16. The molecule has 2 aromatic heterocycles. The van der Waals surface area contributed by atoms with E-state index in [4.69, 9.17) is 4.98 Å². The zero-order chi connectivity index (χ0) is 21.6. The number of amides is 2. The second kappa shape index (κ2) is 9.21. The van der Waals surface area contributed by atoms with E-state index >= 15 is 0 Å². The molecule has 0 atom stereocenters. The molecule has 0 saturated heterocycles. The molecule has 2 heterocycles. The number of hydrogen-bond donors (Lipinski definition) is 1. The highest BCUT2D eigenvalue weighted by molar-refractivity contribution is 5.94. The van der Waals surface area contributed by atoms with Crippen LogP contribution < -0.4 is 10.2 Å². The topological polar surface area (TPSA) is 80.1 Å². The number of fused-ring (bicyclic) bond motifs is 1. The Morgan fingerprint density at radius 3 is 2.45 bits per heavy atom. The molecule has 4 aromatic rings. The number of benzene rings is 2. The Balaban J connectivity index is 1.50. The fourth-order valence-corrected chi connectivity index (χ4v) is 3.42. The normalized spacial score (nSPS) is 10.7. The summed E-state index contributed by atoms with van der Waals surface area (Å²) in [7, 11) is 1.77. The molecule has 0 bridgehead atoms. The highest BCUT2D eigenvalue weighted by Crippen LogP contribution is 2.18. The third-order valence-electron chi connectivity index (χ3n) is 5.12. The molecule has 156 valence electrons. The van der Waals surface area contributed by atoms with Gasteiger partial charge in [0.25, 0.3) is 5.91 Å².